The van der Waals surface area contributed by atoms with Crippen molar-refractivity contribution in [3.05, 3.63) is 35.4 Å². The number of terminal acetylenes is 1. The van der Waals surface area contributed by atoms with Gasteiger partial charge in [-0.25, -0.2) is 9.59 Å². The van der Waals surface area contributed by atoms with E-state index in [1.165, 1.54) is 4.90 Å². The first kappa shape index (κ1) is 13.0. The monoisotopic (exact) mass is 258 g/mol. The Morgan fingerprint density at radius 2 is 2.11 bits per heavy atom. The molecule has 1 heterocycles. The molecule has 1 aliphatic rings. The number of amides is 2. The largest absolute Gasteiger partial charge is 0.480 e. The summed E-state index contributed by atoms with van der Waals surface area (Å²) in [5.74, 6) is 1.29. The van der Waals surface area contributed by atoms with Crippen molar-refractivity contribution < 1.29 is 14.7 Å². The molecule has 2 rings (SSSR count). The Morgan fingerprint density at radius 3 is 2.74 bits per heavy atom. The van der Waals surface area contributed by atoms with Crippen molar-refractivity contribution in [1.29, 1.82) is 0 Å². The van der Waals surface area contributed by atoms with E-state index in [9.17, 15) is 14.7 Å². The van der Waals surface area contributed by atoms with Crippen LogP contribution in [-0.4, -0.2) is 34.6 Å². The lowest BCUT2D eigenvalue weighted by Gasteiger charge is -2.34. The molecule has 1 unspecified atom stereocenters. The van der Waals surface area contributed by atoms with Crippen molar-refractivity contribution in [3.63, 3.8) is 0 Å². The van der Waals surface area contributed by atoms with Crippen molar-refractivity contribution in [2.45, 2.75) is 19.0 Å². The van der Waals surface area contributed by atoms with Crippen LogP contribution in [0.1, 0.15) is 11.1 Å². The van der Waals surface area contributed by atoms with Crippen molar-refractivity contribution in [1.82, 2.24) is 10.2 Å². The van der Waals surface area contributed by atoms with Crippen LogP contribution in [-0.2, 0) is 17.8 Å². The number of benzene rings is 1. The molecule has 5 nitrogen and oxygen atoms in total. The fourth-order valence-electron chi connectivity index (χ4n) is 2.19. The van der Waals surface area contributed by atoms with Gasteiger partial charge in [-0.3, -0.25) is 0 Å². The molecule has 1 aliphatic heterocycles. The Bertz CT molecular complexity index is 548. The topological polar surface area (TPSA) is 69.6 Å². The minimum absolute atomic E-state index is 0.0866. The zero-order valence-corrected chi connectivity index (χ0v) is 10.3. The molecule has 19 heavy (non-hydrogen) atoms. The summed E-state index contributed by atoms with van der Waals surface area (Å²) in [6.07, 6.45) is 5.39. The number of carboxylic acid groups (broad SMARTS) is 1. The second kappa shape index (κ2) is 5.44. The van der Waals surface area contributed by atoms with E-state index < -0.39 is 18.0 Å². The van der Waals surface area contributed by atoms with Gasteiger partial charge in [0.15, 0.2) is 0 Å². The van der Waals surface area contributed by atoms with E-state index in [1.807, 2.05) is 24.3 Å². The maximum Gasteiger partial charge on any atom is 0.326 e. The first-order valence-electron chi connectivity index (χ1n) is 5.91. The molecule has 0 saturated carbocycles. The molecule has 0 spiro atoms. The van der Waals surface area contributed by atoms with Gasteiger partial charge in [0.1, 0.15) is 6.04 Å². The molecule has 2 N–H and O–H groups in total. The summed E-state index contributed by atoms with van der Waals surface area (Å²) in [6, 6.07) is 6.23. The number of nitrogens with zero attached hydrogens (tertiary/aromatic N) is 1. The number of carbonyl (C=O) groups is 2. The summed E-state index contributed by atoms with van der Waals surface area (Å²) in [5.41, 5.74) is 1.94. The van der Waals surface area contributed by atoms with Gasteiger partial charge in [0.2, 0.25) is 0 Å². The normalized spacial score (nSPS) is 17.2. The average molecular weight is 258 g/mol. The van der Waals surface area contributed by atoms with Crippen molar-refractivity contribution in [2.75, 3.05) is 6.54 Å². The Hall–Kier alpha value is -2.48. The number of fused-ring (bicyclic) bond motifs is 1. The fraction of sp³-hybridized carbons (Fsp3) is 0.286. The van der Waals surface area contributed by atoms with Crippen molar-refractivity contribution in [2.24, 2.45) is 0 Å². The Balaban J connectivity index is 2.24. The second-order valence-corrected chi connectivity index (χ2v) is 4.32. The maximum atomic E-state index is 11.9. The van der Waals surface area contributed by atoms with Crippen LogP contribution in [0.5, 0.6) is 0 Å². The molecule has 0 aliphatic carbocycles. The molecule has 98 valence electrons. The van der Waals surface area contributed by atoms with Gasteiger partial charge in [-0.05, 0) is 11.1 Å². The van der Waals surface area contributed by atoms with Crippen LogP contribution in [0.2, 0.25) is 0 Å². The summed E-state index contributed by atoms with van der Waals surface area (Å²) in [7, 11) is 0. The molecule has 0 bridgehead atoms. The lowest BCUT2D eigenvalue weighted by molar-refractivity contribution is -0.142. The van der Waals surface area contributed by atoms with Gasteiger partial charge < -0.3 is 15.3 Å². The smallest absolute Gasteiger partial charge is 0.326 e. The van der Waals surface area contributed by atoms with Crippen LogP contribution in [0.3, 0.4) is 0 Å². The molecular weight excluding hydrogens is 244 g/mol. The average Bonchev–Trinajstić information content (AvgIpc) is 2.43. The summed E-state index contributed by atoms with van der Waals surface area (Å²) in [5, 5.41) is 11.8. The van der Waals surface area contributed by atoms with Gasteiger partial charge in [0.05, 0.1) is 6.54 Å². The third-order valence-electron chi connectivity index (χ3n) is 3.14. The number of nitrogens with one attached hydrogen (secondary N) is 1. The molecule has 0 radical (unpaired) electrons. The number of urea groups is 1. The third-order valence-corrected chi connectivity index (χ3v) is 3.14. The molecule has 1 aromatic carbocycles. The summed E-state index contributed by atoms with van der Waals surface area (Å²) in [6.45, 7) is 0.368. The van der Waals surface area contributed by atoms with Crippen molar-refractivity contribution >= 4 is 12.0 Å². The molecule has 0 saturated heterocycles. The third kappa shape index (κ3) is 2.68. The highest BCUT2D eigenvalue weighted by atomic mass is 16.4. The minimum Gasteiger partial charge on any atom is -0.480 e. The van der Waals surface area contributed by atoms with Crippen LogP contribution < -0.4 is 5.32 Å². The maximum absolute atomic E-state index is 11.9. The quantitative estimate of drug-likeness (QED) is 0.772. The number of aliphatic carboxylic acids is 1. The van der Waals surface area contributed by atoms with E-state index in [0.29, 0.717) is 6.42 Å². The lowest BCUT2D eigenvalue weighted by atomic mass is 9.94. The van der Waals surface area contributed by atoms with E-state index >= 15 is 0 Å². The Labute approximate surface area is 111 Å². The van der Waals surface area contributed by atoms with Crippen LogP contribution in [0.4, 0.5) is 4.79 Å². The SMILES string of the molecule is C#CCNC(=O)N1Cc2ccccc2CC1C(=O)O. The van der Waals surface area contributed by atoms with E-state index in [1.54, 1.807) is 0 Å². The molecular formula is C14H14N2O3. The predicted molar refractivity (Wildman–Crippen MR) is 69.3 cm³/mol. The molecule has 5 heteroatoms. The summed E-state index contributed by atoms with van der Waals surface area (Å²) < 4.78 is 0. The fourth-order valence-corrected chi connectivity index (χ4v) is 2.19. The zero-order chi connectivity index (χ0) is 13.8. The Morgan fingerprint density at radius 1 is 1.42 bits per heavy atom. The second-order valence-electron chi connectivity index (χ2n) is 4.32. The predicted octanol–water partition coefficient (Wildman–Crippen LogP) is 0.841. The van der Waals surface area contributed by atoms with Crippen LogP contribution in [0, 0.1) is 12.3 Å². The molecule has 1 atom stereocenters. The van der Waals surface area contributed by atoms with E-state index in [2.05, 4.69) is 11.2 Å². The van der Waals surface area contributed by atoms with Crippen LogP contribution in [0.25, 0.3) is 0 Å². The molecule has 0 fully saturated rings. The van der Waals surface area contributed by atoms with Crippen molar-refractivity contribution in [3.8, 4) is 12.3 Å². The number of carbonyl (C=O) groups excluding carboxylic acids is 1. The highest BCUT2D eigenvalue weighted by Crippen LogP contribution is 2.23. The molecule has 1 aromatic rings. The first-order valence-corrected chi connectivity index (χ1v) is 5.91. The number of hydrogen-bond acceptors (Lipinski definition) is 2. The van der Waals surface area contributed by atoms with Gasteiger partial charge in [-0.1, -0.05) is 30.2 Å². The van der Waals surface area contributed by atoms with Crippen LogP contribution >= 0.6 is 0 Å². The van der Waals surface area contributed by atoms with Gasteiger partial charge in [0, 0.05) is 13.0 Å². The molecule has 2 amide bonds. The Kier molecular flexibility index (Phi) is 3.71. The van der Waals surface area contributed by atoms with Gasteiger partial charge in [0.25, 0.3) is 0 Å². The minimum atomic E-state index is -1.01. The highest BCUT2D eigenvalue weighted by molar-refractivity contribution is 5.83. The number of carboxylic acids is 1. The zero-order valence-electron chi connectivity index (χ0n) is 10.3. The van der Waals surface area contributed by atoms with Gasteiger partial charge in [-0.15, -0.1) is 6.42 Å². The van der Waals surface area contributed by atoms with Crippen LogP contribution in [0.15, 0.2) is 24.3 Å². The van der Waals surface area contributed by atoms with E-state index in [4.69, 9.17) is 6.42 Å². The first-order chi connectivity index (χ1) is 9.13. The standard InChI is InChI=1S/C14H14N2O3/c1-2-7-15-14(19)16-9-11-6-4-3-5-10(11)8-12(16)13(17)18/h1,3-6,12H,7-9H2,(H,15,19)(H,17,18). The summed E-state index contributed by atoms with van der Waals surface area (Å²) in [4.78, 5) is 24.5. The number of hydrogen-bond donors (Lipinski definition) is 2. The van der Waals surface area contributed by atoms with E-state index in [0.717, 1.165) is 11.1 Å². The summed E-state index contributed by atoms with van der Waals surface area (Å²) >= 11 is 0. The van der Waals surface area contributed by atoms with E-state index in [-0.39, 0.29) is 13.1 Å². The van der Waals surface area contributed by atoms with Gasteiger partial charge >= 0.3 is 12.0 Å². The highest BCUT2D eigenvalue weighted by Gasteiger charge is 2.34. The number of rotatable bonds is 2. The molecule has 0 aromatic heterocycles. The lowest BCUT2D eigenvalue weighted by Crippen LogP contribution is -2.52. The van der Waals surface area contributed by atoms with Gasteiger partial charge in [-0.2, -0.15) is 0 Å².